The molecule has 1 unspecified atom stereocenters. The summed E-state index contributed by atoms with van der Waals surface area (Å²) >= 11 is 0. The Morgan fingerprint density at radius 2 is 1.76 bits per heavy atom. The highest BCUT2D eigenvalue weighted by atomic mass is 19.4. The molecule has 3 N–H and O–H groups in total. The van der Waals surface area contributed by atoms with Gasteiger partial charge in [-0.05, 0) is 29.3 Å². The average molecular weight is 405 g/mol. The monoisotopic (exact) mass is 405 g/mol. The van der Waals surface area contributed by atoms with Crippen molar-refractivity contribution < 1.29 is 28.1 Å². The third kappa shape index (κ3) is 3.89. The Kier molecular flexibility index (Phi) is 5.12. The highest BCUT2D eigenvalue weighted by Gasteiger charge is 2.31. The topological polar surface area (TPSA) is 87.5 Å². The molecule has 1 atom stereocenters. The summed E-state index contributed by atoms with van der Waals surface area (Å²) in [5.41, 5.74) is 3.65. The molecule has 0 spiro atoms. The Morgan fingerprint density at radius 3 is 2.31 bits per heavy atom. The van der Waals surface area contributed by atoms with Crippen molar-refractivity contribution in [3.63, 3.8) is 0 Å². The van der Waals surface area contributed by atoms with E-state index in [1.54, 1.807) is 0 Å². The number of nitrogens with one attached hydrogen (secondary N) is 1. The van der Waals surface area contributed by atoms with Gasteiger partial charge in [0.05, 0.1) is 17.6 Å². The van der Waals surface area contributed by atoms with Crippen LogP contribution in [0.1, 0.15) is 23.1 Å². The van der Waals surface area contributed by atoms with Crippen LogP contribution in [-0.2, 0) is 0 Å². The molecule has 3 aromatic rings. The third-order valence-electron chi connectivity index (χ3n) is 4.95. The molecule has 0 aliphatic carbocycles. The molecule has 1 saturated heterocycles. The lowest BCUT2D eigenvalue weighted by Crippen LogP contribution is -2.40. The number of aliphatic hydroxyl groups is 2. The zero-order valence-electron chi connectivity index (χ0n) is 15.1. The van der Waals surface area contributed by atoms with E-state index in [9.17, 15) is 23.4 Å². The van der Waals surface area contributed by atoms with E-state index in [0.717, 1.165) is 5.56 Å². The standard InChI is InChI=1S/C20H18F3N3O3/c21-20(22,23)29-13-3-1-11(2-4-13)15-7-14(12-8-24-9-12)17(16(28)10-27)19-18(15)25-5-6-26-19/h1-7,12,16,24,27-28H,8-10H2. The molecule has 2 heterocycles. The van der Waals surface area contributed by atoms with Crippen LogP contribution in [-0.4, -0.2) is 46.2 Å². The second kappa shape index (κ2) is 7.58. The van der Waals surface area contributed by atoms with Crippen molar-refractivity contribution in [1.82, 2.24) is 15.3 Å². The number of rotatable bonds is 5. The maximum atomic E-state index is 12.4. The summed E-state index contributed by atoms with van der Waals surface area (Å²) in [4.78, 5) is 8.76. The minimum absolute atomic E-state index is 0.129. The van der Waals surface area contributed by atoms with Crippen LogP contribution in [0.25, 0.3) is 22.2 Å². The summed E-state index contributed by atoms with van der Waals surface area (Å²) in [6.07, 6.45) is -2.86. The normalized spacial score (nSPS) is 15.9. The van der Waals surface area contributed by atoms with Crippen LogP contribution in [0.3, 0.4) is 0 Å². The first-order chi connectivity index (χ1) is 13.9. The van der Waals surface area contributed by atoms with Gasteiger partial charge in [-0.1, -0.05) is 12.1 Å². The molecule has 9 heteroatoms. The molecule has 0 saturated carbocycles. The third-order valence-corrected chi connectivity index (χ3v) is 4.95. The number of nitrogens with zero attached hydrogens (tertiary/aromatic N) is 2. The predicted octanol–water partition coefficient (Wildman–Crippen LogP) is 2.91. The van der Waals surface area contributed by atoms with Gasteiger partial charge in [-0.15, -0.1) is 13.2 Å². The minimum atomic E-state index is -4.76. The highest BCUT2D eigenvalue weighted by Crippen LogP contribution is 2.38. The summed E-state index contributed by atoms with van der Waals surface area (Å²) in [7, 11) is 0. The lowest BCUT2D eigenvalue weighted by Gasteiger charge is -2.31. The van der Waals surface area contributed by atoms with Gasteiger partial charge in [0.2, 0.25) is 0 Å². The largest absolute Gasteiger partial charge is 0.573 e. The van der Waals surface area contributed by atoms with Gasteiger partial charge in [-0.25, -0.2) is 0 Å². The van der Waals surface area contributed by atoms with Crippen molar-refractivity contribution >= 4 is 11.0 Å². The van der Waals surface area contributed by atoms with Gasteiger partial charge in [0.25, 0.3) is 0 Å². The summed E-state index contributed by atoms with van der Waals surface area (Å²) in [5.74, 6) is -0.184. The molecule has 1 aliphatic rings. The van der Waals surface area contributed by atoms with Crippen LogP contribution in [0.15, 0.2) is 42.7 Å². The van der Waals surface area contributed by atoms with Crippen LogP contribution < -0.4 is 10.1 Å². The fourth-order valence-electron chi connectivity index (χ4n) is 3.51. The number of halogens is 3. The Morgan fingerprint density at radius 1 is 1.10 bits per heavy atom. The summed E-state index contributed by atoms with van der Waals surface area (Å²) in [6, 6.07) is 7.40. The van der Waals surface area contributed by atoms with Crippen LogP contribution in [0.2, 0.25) is 0 Å². The van der Waals surface area contributed by atoms with Crippen LogP contribution in [0.4, 0.5) is 13.2 Å². The zero-order valence-corrected chi connectivity index (χ0v) is 15.1. The van der Waals surface area contributed by atoms with Gasteiger partial charge in [0.1, 0.15) is 11.9 Å². The van der Waals surface area contributed by atoms with Crippen molar-refractivity contribution in [2.75, 3.05) is 19.7 Å². The van der Waals surface area contributed by atoms with E-state index in [1.807, 2.05) is 6.07 Å². The average Bonchev–Trinajstić information content (AvgIpc) is 2.65. The molecule has 0 amide bonds. The quantitative estimate of drug-likeness (QED) is 0.605. The first-order valence-electron chi connectivity index (χ1n) is 9.00. The second-order valence-corrected chi connectivity index (χ2v) is 6.81. The minimum Gasteiger partial charge on any atom is -0.406 e. The van der Waals surface area contributed by atoms with Crippen LogP contribution in [0.5, 0.6) is 5.75 Å². The first kappa shape index (κ1) is 19.6. The molecule has 1 aromatic heterocycles. The molecule has 0 bridgehead atoms. The van der Waals surface area contributed by atoms with Crippen molar-refractivity contribution in [3.8, 4) is 16.9 Å². The highest BCUT2D eigenvalue weighted by molar-refractivity contribution is 5.94. The molecule has 0 radical (unpaired) electrons. The number of alkyl halides is 3. The van der Waals surface area contributed by atoms with Crippen molar-refractivity contribution in [3.05, 3.63) is 53.9 Å². The summed E-state index contributed by atoms with van der Waals surface area (Å²) < 4.78 is 41.2. The number of benzene rings is 2. The Bertz CT molecular complexity index is 1020. The molecule has 2 aromatic carbocycles. The van der Waals surface area contributed by atoms with Gasteiger partial charge in [-0.3, -0.25) is 9.97 Å². The maximum Gasteiger partial charge on any atom is 0.573 e. The van der Waals surface area contributed by atoms with E-state index in [0.29, 0.717) is 40.8 Å². The fraction of sp³-hybridized carbons (Fsp3) is 0.300. The smallest absolute Gasteiger partial charge is 0.406 e. The number of fused-ring (bicyclic) bond motifs is 1. The van der Waals surface area contributed by atoms with E-state index >= 15 is 0 Å². The molecule has 1 fully saturated rings. The molecule has 6 nitrogen and oxygen atoms in total. The van der Waals surface area contributed by atoms with Crippen molar-refractivity contribution in [2.45, 2.75) is 18.4 Å². The van der Waals surface area contributed by atoms with E-state index in [4.69, 9.17) is 0 Å². The maximum absolute atomic E-state index is 12.4. The lowest BCUT2D eigenvalue weighted by molar-refractivity contribution is -0.274. The molecule has 29 heavy (non-hydrogen) atoms. The van der Waals surface area contributed by atoms with Gasteiger partial charge in [-0.2, -0.15) is 0 Å². The van der Waals surface area contributed by atoms with Crippen LogP contribution in [0, 0.1) is 0 Å². The molecule has 152 valence electrons. The molecular formula is C20H18F3N3O3. The number of hydrogen-bond donors (Lipinski definition) is 3. The fourth-order valence-corrected chi connectivity index (χ4v) is 3.51. The number of hydrogen-bond acceptors (Lipinski definition) is 6. The SMILES string of the molecule is OCC(O)c1c(C2CNC2)cc(-c2ccc(OC(F)(F)F)cc2)c2nccnc12. The molecule has 1 aliphatic heterocycles. The number of aromatic nitrogens is 2. The van der Waals surface area contributed by atoms with Crippen molar-refractivity contribution in [2.24, 2.45) is 0 Å². The molecule has 4 rings (SSSR count). The van der Waals surface area contributed by atoms with E-state index in [-0.39, 0.29) is 11.7 Å². The van der Waals surface area contributed by atoms with E-state index in [2.05, 4.69) is 20.0 Å². The van der Waals surface area contributed by atoms with E-state index < -0.39 is 19.1 Å². The first-order valence-corrected chi connectivity index (χ1v) is 9.00. The molecular weight excluding hydrogens is 387 g/mol. The lowest BCUT2D eigenvalue weighted by atomic mass is 9.84. The number of ether oxygens (including phenoxy) is 1. The number of aliphatic hydroxyl groups excluding tert-OH is 2. The van der Waals surface area contributed by atoms with E-state index in [1.165, 1.54) is 36.7 Å². The van der Waals surface area contributed by atoms with Crippen LogP contribution >= 0.6 is 0 Å². The Balaban J connectivity index is 1.86. The zero-order chi connectivity index (χ0) is 20.6. The van der Waals surface area contributed by atoms with Crippen molar-refractivity contribution in [1.29, 1.82) is 0 Å². The predicted molar refractivity (Wildman–Crippen MR) is 99.3 cm³/mol. The second-order valence-electron chi connectivity index (χ2n) is 6.81. The summed E-state index contributed by atoms with van der Waals surface area (Å²) in [6.45, 7) is 0.977. The Hall–Kier alpha value is -2.75. The van der Waals surface area contributed by atoms with Gasteiger partial charge in [0, 0.05) is 42.5 Å². The summed E-state index contributed by atoms with van der Waals surface area (Å²) in [5, 5.41) is 23.1. The van der Waals surface area contributed by atoms with Gasteiger partial charge < -0.3 is 20.3 Å². The van der Waals surface area contributed by atoms with Gasteiger partial charge in [0.15, 0.2) is 0 Å². The Labute approximate surface area is 164 Å². The van der Waals surface area contributed by atoms with Gasteiger partial charge >= 0.3 is 6.36 Å².